The van der Waals surface area contributed by atoms with E-state index in [1.54, 1.807) is 19.1 Å². The van der Waals surface area contributed by atoms with Crippen LogP contribution < -0.4 is 0 Å². The van der Waals surface area contributed by atoms with Crippen molar-refractivity contribution in [1.82, 2.24) is 4.98 Å². The summed E-state index contributed by atoms with van der Waals surface area (Å²) in [6.45, 7) is 3.13. The first-order chi connectivity index (χ1) is 8.08. The normalized spacial score (nSPS) is 10.5. The average molecular weight is 251 g/mol. The number of carbonyl (C=O) groups excluding carboxylic acids is 1. The Hall–Kier alpha value is -1.62. The average Bonchev–Trinajstić information content (AvgIpc) is 2.63. The van der Waals surface area contributed by atoms with E-state index in [4.69, 9.17) is 4.42 Å². The smallest absolute Gasteiger partial charge is 0.260 e. The van der Waals surface area contributed by atoms with Crippen LogP contribution in [0.1, 0.15) is 23.0 Å². The number of Topliss-reactive ketones (excluding diaryl/α,β-unsaturated/α-hetero) is 1. The fourth-order valence-corrected chi connectivity index (χ4v) is 2.37. The van der Waals surface area contributed by atoms with E-state index in [-0.39, 0.29) is 11.3 Å². The monoisotopic (exact) mass is 251 g/mol. The summed E-state index contributed by atoms with van der Waals surface area (Å²) in [5.74, 6) is -0.834. The molecular formula is C12H10FNO2S. The predicted molar refractivity (Wildman–Crippen MR) is 61.8 cm³/mol. The van der Waals surface area contributed by atoms with Gasteiger partial charge in [-0.1, -0.05) is 6.07 Å². The molecule has 0 N–H and O–H groups in total. The molecule has 1 heterocycles. The van der Waals surface area contributed by atoms with Crippen LogP contribution in [0.3, 0.4) is 0 Å². The fraction of sp³-hybridized carbons (Fsp3) is 0.167. The molecule has 0 spiro atoms. The molecule has 0 aliphatic heterocycles. The van der Waals surface area contributed by atoms with Crippen molar-refractivity contribution >= 4 is 17.5 Å². The van der Waals surface area contributed by atoms with Gasteiger partial charge in [-0.05, 0) is 37.7 Å². The topological polar surface area (TPSA) is 43.1 Å². The van der Waals surface area contributed by atoms with Crippen molar-refractivity contribution in [1.29, 1.82) is 0 Å². The summed E-state index contributed by atoms with van der Waals surface area (Å²) >= 11 is 1.14. The van der Waals surface area contributed by atoms with Gasteiger partial charge in [-0.3, -0.25) is 4.79 Å². The maximum atomic E-state index is 13.5. The number of halogens is 1. The van der Waals surface area contributed by atoms with Crippen LogP contribution in [0.25, 0.3) is 0 Å². The van der Waals surface area contributed by atoms with Crippen LogP contribution >= 0.6 is 11.8 Å². The van der Waals surface area contributed by atoms with E-state index in [1.165, 1.54) is 19.3 Å². The summed E-state index contributed by atoms with van der Waals surface area (Å²) in [5.41, 5.74) is 0.821. The minimum Gasteiger partial charge on any atom is -0.439 e. The molecule has 0 bridgehead atoms. The second-order valence-electron chi connectivity index (χ2n) is 3.53. The minimum atomic E-state index is -0.522. The highest BCUT2D eigenvalue weighted by Crippen LogP contribution is 2.31. The van der Waals surface area contributed by atoms with E-state index in [0.29, 0.717) is 10.1 Å². The van der Waals surface area contributed by atoms with Gasteiger partial charge in [0.2, 0.25) is 0 Å². The van der Waals surface area contributed by atoms with Gasteiger partial charge in [-0.15, -0.1) is 0 Å². The first kappa shape index (κ1) is 11.9. The van der Waals surface area contributed by atoms with Crippen molar-refractivity contribution in [3.05, 3.63) is 41.5 Å². The van der Waals surface area contributed by atoms with Gasteiger partial charge in [-0.2, -0.15) is 0 Å². The number of aromatic nitrogens is 1. The predicted octanol–water partition coefficient (Wildman–Crippen LogP) is 3.48. The number of rotatable bonds is 3. The van der Waals surface area contributed by atoms with Crippen LogP contribution in [0.2, 0.25) is 0 Å². The maximum absolute atomic E-state index is 13.5. The van der Waals surface area contributed by atoms with Crippen LogP contribution in [-0.4, -0.2) is 10.8 Å². The number of nitrogens with zero attached hydrogens (tertiary/aromatic N) is 1. The first-order valence-electron chi connectivity index (χ1n) is 4.97. The largest absolute Gasteiger partial charge is 0.439 e. The second-order valence-corrected chi connectivity index (χ2v) is 4.52. The number of aryl methyl sites for hydroxylation is 1. The van der Waals surface area contributed by atoms with E-state index in [1.807, 2.05) is 0 Å². The Morgan fingerprint density at radius 3 is 2.82 bits per heavy atom. The molecule has 0 saturated carbocycles. The molecular weight excluding hydrogens is 241 g/mol. The van der Waals surface area contributed by atoms with Gasteiger partial charge >= 0.3 is 0 Å². The van der Waals surface area contributed by atoms with Crippen LogP contribution in [0, 0.1) is 12.7 Å². The van der Waals surface area contributed by atoms with E-state index in [2.05, 4.69) is 4.98 Å². The highest BCUT2D eigenvalue weighted by molar-refractivity contribution is 7.99. The molecule has 3 nitrogen and oxygen atoms in total. The zero-order valence-electron chi connectivity index (χ0n) is 9.36. The molecule has 17 heavy (non-hydrogen) atoms. The van der Waals surface area contributed by atoms with Gasteiger partial charge in [0.1, 0.15) is 12.1 Å². The van der Waals surface area contributed by atoms with Crippen molar-refractivity contribution in [3.63, 3.8) is 0 Å². The molecule has 1 aromatic heterocycles. The standard InChI is InChI=1S/C12H10FNO2S/c1-7-6-16-12(14-7)17-10-5-3-4-9(13)11(10)8(2)15/h3-6H,1-2H3. The lowest BCUT2D eigenvalue weighted by Gasteiger charge is -2.04. The Balaban J connectivity index is 2.39. The van der Waals surface area contributed by atoms with Gasteiger partial charge in [-0.25, -0.2) is 9.37 Å². The van der Waals surface area contributed by atoms with Gasteiger partial charge < -0.3 is 4.42 Å². The molecule has 0 radical (unpaired) electrons. The number of hydrogen-bond acceptors (Lipinski definition) is 4. The summed E-state index contributed by atoms with van der Waals surface area (Å²) < 4.78 is 18.7. The molecule has 88 valence electrons. The van der Waals surface area contributed by atoms with Crippen LogP contribution in [0.5, 0.6) is 0 Å². The lowest BCUT2D eigenvalue weighted by molar-refractivity contribution is 0.101. The zero-order chi connectivity index (χ0) is 12.4. The third kappa shape index (κ3) is 2.55. The number of carbonyl (C=O) groups is 1. The molecule has 2 aromatic rings. The summed E-state index contributed by atoms with van der Waals surface area (Å²) in [5, 5.41) is 0.399. The Labute approximate surface area is 102 Å². The van der Waals surface area contributed by atoms with Crippen molar-refractivity contribution in [2.75, 3.05) is 0 Å². The quantitative estimate of drug-likeness (QED) is 0.783. The number of oxazole rings is 1. The summed E-state index contributed by atoms with van der Waals surface area (Å²) in [6, 6.07) is 4.49. The first-order valence-corrected chi connectivity index (χ1v) is 5.79. The Bertz CT molecular complexity index is 565. The molecule has 2 rings (SSSR count). The molecule has 0 amide bonds. The van der Waals surface area contributed by atoms with Crippen molar-refractivity contribution < 1.29 is 13.6 Å². The molecule has 0 aliphatic carbocycles. The van der Waals surface area contributed by atoms with Crippen molar-refractivity contribution in [2.45, 2.75) is 24.0 Å². The molecule has 0 fully saturated rings. The molecule has 5 heteroatoms. The molecule has 1 aromatic carbocycles. The summed E-state index contributed by atoms with van der Waals surface area (Å²) in [6.07, 6.45) is 1.51. The second kappa shape index (κ2) is 4.71. The zero-order valence-corrected chi connectivity index (χ0v) is 10.2. The van der Waals surface area contributed by atoms with Crippen molar-refractivity contribution in [2.24, 2.45) is 0 Å². The van der Waals surface area contributed by atoms with E-state index >= 15 is 0 Å². The van der Waals surface area contributed by atoms with Gasteiger partial charge in [0.25, 0.3) is 5.22 Å². The van der Waals surface area contributed by atoms with E-state index in [0.717, 1.165) is 17.5 Å². The third-order valence-corrected chi connectivity index (χ3v) is 3.04. The highest BCUT2D eigenvalue weighted by atomic mass is 32.2. The van der Waals surface area contributed by atoms with Crippen LogP contribution in [0.4, 0.5) is 4.39 Å². The third-order valence-electron chi connectivity index (χ3n) is 2.12. The van der Waals surface area contributed by atoms with E-state index < -0.39 is 5.82 Å². The SMILES string of the molecule is CC(=O)c1c(F)cccc1Sc1nc(C)co1. The maximum Gasteiger partial charge on any atom is 0.260 e. The van der Waals surface area contributed by atoms with Crippen LogP contribution in [-0.2, 0) is 0 Å². The molecule has 0 saturated heterocycles. The molecule has 0 aliphatic rings. The lowest BCUT2D eigenvalue weighted by atomic mass is 10.1. The Kier molecular flexibility index (Phi) is 3.28. The number of ketones is 1. The van der Waals surface area contributed by atoms with Gasteiger partial charge in [0.05, 0.1) is 11.3 Å². The Morgan fingerprint density at radius 1 is 1.47 bits per heavy atom. The summed E-state index contributed by atoms with van der Waals surface area (Å²) in [7, 11) is 0. The van der Waals surface area contributed by atoms with Crippen molar-refractivity contribution in [3.8, 4) is 0 Å². The Morgan fingerprint density at radius 2 is 2.24 bits per heavy atom. The molecule has 0 atom stereocenters. The highest BCUT2D eigenvalue weighted by Gasteiger charge is 2.15. The fourth-order valence-electron chi connectivity index (χ4n) is 1.40. The number of hydrogen-bond donors (Lipinski definition) is 0. The summed E-state index contributed by atoms with van der Waals surface area (Å²) in [4.78, 5) is 16.0. The van der Waals surface area contributed by atoms with Crippen LogP contribution in [0.15, 0.2) is 39.0 Å². The minimum absolute atomic E-state index is 0.0772. The molecule has 0 unspecified atom stereocenters. The van der Waals surface area contributed by atoms with Gasteiger partial charge in [0, 0.05) is 4.90 Å². The lowest BCUT2D eigenvalue weighted by Crippen LogP contribution is -1.99. The van der Waals surface area contributed by atoms with E-state index in [9.17, 15) is 9.18 Å². The van der Waals surface area contributed by atoms with Gasteiger partial charge in [0.15, 0.2) is 5.78 Å². The number of benzene rings is 1.